The Labute approximate surface area is 140 Å². The Balaban J connectivity index is 0.00000242. The number of likely N-dealkylation sites (N-methyl/N-ethyl adjacent to an activating group) is 1. The van der Waals surface area contributed by atoms with E-state index in [1.165, 1.54) is 11.1 Å². The minimum absolute atomic E-state index is 0. The van der Waals surface area contributed by atoms with E-state index in [0.29, 0.717) is 0 Å². The summed E-state index contributed by atoms with van der Waals surface area (Å²) in [4.78, 5) is 14.5. The molecule has 1 amide bonds. The number of hydrogen-bond acceptors (Lipinski definition) is 2. The van der Waals surface area contributed by atoms with Crippen molar-refractivity contribution in [3.8, 4) is 0 Å². The fraction of sp³-hybridized carbons (Fsp3) is 0.611. The van der Waals surface area contributed by atoms with E-state index in [4.69, 9.17) is 5.73 Å². The van der Waals surface area contributed by atoms with E-state index < -0.39 is 0 Å². The van der Waals surface area contributed by atoms with Crippen molar-refractivity contribution in [1.82, 2.24) is 4.90 Å². The van der Waals surface area contributed by atoms with Crippen molar-refractivity contribution in [1.29, 1.82) is 0 Å². The summed E-state index contributed by atoms with van der Waals surface area (Å²) in [6, 6.07) is 8.99. The molecule has 1 aromatic carbocycles. The van der Waals surface area contributed by atoms with Gasteiger partial charge >= 0.3 is 0 Å². The molecule has 0 saturated heterocycles. The van der Waals surface area contributed by atoms with Crippen molar-refractivity contribution in [2.45, 2.75) is 58.0 Å². The van der Waals surface area contributed by atoms with Crippen molar-refractivity contribution >= 4 is 18.3 Å². The zero-order chi connectivity index (χ0) is 15.4. The summed E-state index contributed by atoms with van der Waals surface area (Å²) in [7, 11) is 1.93. The Morgan fingerprint density at radius 1 is 1.32 bits per heavy atom. The van der Waals surface area contributed by atoms with Crippen molar-refractivity contribution < 1.29 is 4.79 Å². The molecule has 1 saturated carbocycles. The van der Waals surface area contributed by atoms with Crippen LogP contribution in [0.15, 0.2) is 24.3 Å². The maximum absolute atomic E-state index is 12.6. The number of amides is 1. The molecule has 1 aliphatic carbocycles. The van der Waals surface area contributed by atoms with Crippen LogP contribution in [0, 0.1) is 12.8 Å². The molecule has 3 atom stereocenters. The number of carbonyl (C=O) groups is 1. The first-order valence-corrected chi connectivity index (χ1v) is 8.05. The highest BCUT2D eigenvalue weighted by molar-refractivity contribution is 5.85. The lowest BCUT2D eigenvalue weighted by Gasteiger charge is -2.32. The van der Waals surface area contributed by atoms with Crippen LogP contribution in [-0.4, -0.2) is 29.9 Å². The van der Waals surface area contributed by atoms with Gasteiger partial charge in [0, 0.05) is 25.0 Å². The van der Waals surface area contributed by atoms with Gasteiger partial charge in [0.05, 0.1) is 0 Å². The predicted octanol–water partition coefficient (Wildman–Crippen LogP) is 3.32. The second-order valence-corrected chi connectivity index (χ2v) is 6.61. The monoisotopic (exact) mass is 324 g/mol. The lowest BCUT2D eigenvalue weighted by atomic mass is 9.85. The average Bonchev–Trinajstić information content (AvgIpc) is 2.48. The number of nitrogens with zero attached hydrogens (tertiary/aromatic N) is 1. The first kappa shape index (κ1) is 19.0. The van der Waals surface area contributed by atoms with Gasteiger partial charge in [0.1, 0.15) is 0 Å². The van der Waals surface area contributed by atoms with Crippen LogP contribution in [0.5, 0.6) is 0 Å². The Bertz CT molecular complexity index is 474. The van der Waals surface area contributed by atoms with E-state index in [9.17, 15) is 4.79 Å². The molecule has 22 heavy (non-hydrogen) atoms. The number of benzene rings is 1. The number of halogens is 1. The van der Waals surface area contributed by atoms with Crippen LogP contribution in [0.2, 0.25) is 0 Å². The van der Waals surface area contributed by atoms with E-state index in [1.54, 1.807) is 0 Å². The summed E-state index contributed by atoms with van der Waals surface area (Å²) >= 11 is 0. The van der Waals surface area contributed by atoms with Crippen molar-refractivity contribution in [2.75, 3.05) is 7.05 Å². The average molecular weight is 325 g/mol. The van der Waals surface area contributed by atoms with Gasteiger partial charge in [-0.15, -0.1) is 12.4 Å². The van der Waals surface area contributed by atoms with Gasteiger partial charge in [-0.2, -0.15) is 0 Å². The molecule has 2 rings (SSSR count). The minimum atomic E-state index is 0. The molecular weight excluding hydrogens is 296 g/mol. The van der Waals surface area contributed by atoms with E-state index in [2.05, 4.69) is 38.1 Å². The van der Waals surface area contributed by atoms with E-state index in [-0.39, 0.29) is 36.3 Å². The first-order valence-electron chi connectivity index (χ1n) is 8.05. The van der Waals surface area contributed by atoms with Crippen molar-refractivity contribution in [2.24, 2.45) is 11.7 Å². The molecule has 0 aromatic heterocycles. The van der Waals surface area contributed by atoms with Crippen molar-refractivity contribution in [3.63, 3.8) is 0 Å². The number of rotatable bonds is 4. The van der Waals surface area contributed by atoms with Gasteiger partial charge in [-0.3, -0.25) is 4.79 Å². The van der Waals surface area contributed by atoms with E-state index in [1.807, 2.05) is 11.9 Å². The Hall–Kier alpha value is -1.06. The molecule has 1 aromatic rings. The molecule has 0 spiro atoms. The van der Waals surface area contributed by atoms with Gasteiger partial charge in [-0.05, 0) is 45.1 Å². The van der Waals surface area contributed by atoms with Gasteiger partial charge in [-0.1, -0.05) is 36.2 Å². The van der Waals surface area contributed by atoms with Gasteiger partial charge in [0.2, 0.25) is 5.91 Å². The molecule has 3 unspecified atom stereocenters. The van der Waals surface area contributed by atoms with E-state index >= 15 is 0 Å². The summed E-state index contributed by atoms with van der Waals surface area (Å²) in [5.74, 6) is 0.393. The Morgan fingerprint density at radius 2 is 1.95 bits per heavy atom. The lowest BCUT2D eigenvalue weighted by Crippen LogP contribution is -2.43. The van der Waals surface area contributed by atoms with Crippen LogP contribution in [-0.2, 0) is 11.2 Å². The van der Waals surface area contributed by atoms with Crippen LogP contribution in [0.25, 0.3) is 0 Å². The molecule has 0 aliphatic heterocycles. The third-order valence-corrected chi connectivity index (χ3v) is 4.72. The number of carbonyl (C=O) groups excluding carboxylic acids is 1. The number of hydrogen-bond donors (Lipinski definition) is 1. The fourth-order valence-electron chi connectivity index (χ4n) is 3.16. The third-order valence-electron chi connectivity index (χ3n) is 4.72. The first-order chi connectivity index (χ1) is 9.97. The molecule has 2 N–H and O–H groups in total. The van der Waals surface area contributed by atoms with E-state index in [0.717, 1.165) is 32.1 Å². The molecule has 1 aliphatic rings. The van der Waals surface area contributed by atoms with Crippen LogP contribution in [0.1, 0.15) is 43.7 Å². The highest BCUT2D eigenvalue weighted by Crippen LogP contribution is 2.25. The predicted molar refractivity (Wildman–Crippen MR) is 94.3 cm³/mol. The molecule has 3 nitrogen and oxygen atoms in total. The Morgan fingerprint density at radius 3 is 2.55 bits per heavy atom. The molecule has 1 fully saturated rings. The van der Waals surface area contributed by atoms with Crippen LogP contribution in [0.3, 0.4) is 0 Å². The lowest BCUT2D eigenvalue weighted by molar-refractivity contribution is -0.137. The molecule has 0 bridgehead atoms. The highest BCUT2D eigenvalue weighted by atomic mass is 35.5. The summed E-state index contributed by atoms with van der Waals surface area (Å²) in [5.41, 5.74) is 8.56. The van der Waals surface area contributed by atoms with Crippen LogP contribution < -0.4 is 5.73 Å². The zero-order valence-corrected chi connectivity index (χ0v) is 14.7. The van der Waals surface area contributed by atoms with Crippen LogP contribution in [0.4, 0.5) is 0 Å². The smallest absolute Gasteiger partial charge is 0.225 e. The van der Waals surface area contributed by atoms with Crippen molar-refractivity contribution in [3.05, 3.63) is 35.4 Å². The quantitative estimate of drug-likeness (QED) is 0.923. The summed E-state index contributed by atoms with van der Waals surface area (Å²) in [6.07, 6.45) is 4.89. The molecule has 4 heteroatoms. The van der Waals surface area contributed by atoms with Crippen LogP contribution >= 0.6 is 12.4 Å². The summed E-state index contributed by atoms with van der Waals surface area (Å²) < 4.78 is 0. The maximum atomic E-state index is 12.6. The molecule has 124 valence electrons. The fourth-order valence-corrected chi connectivity index (χ4v) is 3.16. The summed E-state index contributed by atoms with van der Waals surface area (Å²) in [5, 5.41) is 0. The molecule has 0 heterocycles. The largest absolute Gasteiger partial charge is 0.342 e. The molecule has 0 radical (unpaired) electrons. The standard InChI is InChI=1S/C18H28N2O.ClH/c1-13-7-9-15(10-8-13)11-14(2)20(3)18(21)16-5-4-6-17(19)12-16;/h7-10,14,16-17H,4-6,11-12,19H2,1-3H3;1H. The number of aryl methyl sites for hydroxylation is 1. The maximum Gasteiger partial charge on any atom is 0.225 e. The van der Waals surface area contributed by atoms with Gasteiger partial charge < -0.3 is 10.6 Å². The highest BCUT2D eigenvalue weighted by Gasteiger charge is 2.29. The zero-order valence-electron chi connectivity index (χ0n) is 13.9. The Kier molecular flexibility index (Phi) is 7.37. The minimum Gasteiger partial charge on any atom is -0.342 e. The SMILES string of the molecule is Cc1ccc(CC(C)N(C)C(=O)C2CCCC(N)C2)cc1.Cl. The molecular formula is C18H29ClN2O. The number of nitrogens with two attached hydrogens (primary N) is 1. The second-order valence-electron chi connectivity index (χ2n) is 6.61. The second kappa shape index (κ2) is 8.54. The van der Waals surface area contributed by atoms with Gasteiger partial charge in [-0.25, -0.2) is 0 Å². The van der Waals surface area contributed by atoms with Gasteiger partial charge in [0.25, 0.3) is 0 Å². The third kappa shape index (κ3) is 4.99. The normalized spacial score (nSPS) is 22.5. The summed E-state index contributed by atoms with van der Waals surface area (Å²) in [6.45, 7) is 4.22. The topological polar surface area (TPSA) is 46.3 Å². The van der Waals surface area contributed by atoms with Gasteiger partial charge in [0.15, 0.2) is 0 Å².